The van der Waals surface area contributed by atoms with Gasteiger partial charge in [-0.25, -0.2) is 8.42 Å². The van der Waals surface area contributed by atoms with Gasteiger partial charge in [0.25, 0.3) is 0 Å². The second-order valence-electron chi connectivity index (χ2n) is 5.45. The summed E-state index contributed by atoms with van der Waals surface area (Å²) >= 11 is 0. The quantitative estimate of drug-likeness (QED) is 0.902. The van der Waals surface area contributed by atoms with E-state index >= 15 is 0 Å². The molecule has 0 saturated carbocycles. The molecule has 0 spiro atoms. The van der Waals surface area contributed by atoms with Crippen LogP contribution in [0.25, 0.3) is 0 Å². The third kappa shape index (κ3) is 3.39. The summed E-state index contributed by atoms with van der Waals surface area (Å²) in [6.45, 7) is 3.69. The van der Waals surface area contributed by atoms with Crippen LogP contribution in [0.15, 0.2) is 23.1 Å². The Kier molecular flexibility index (Phi) is 5.24. The van der Waals surface area contributed by atoms with Crippen LogP contribution in [0.4, 0.5) is 0 Å². The molecule has 6 heteroatoms. The summed E-state index contributed by atoms with van der Waals surface area (Å²) in [5.74, 6) is 1.01. The van der Waals surface area contributed by atoms with Gasteiger partial charge in [0.15, 0.2) is 0 Å². The van der Waals surface area contributed by atoms with E-state index < -0.39 is 10.0 Å². The van der Waals surface area contributed by atoms with Gasteiger partial charge in [0.2, 0.25) is 10.0 Å². The molecule has 0 atom stereocenters. The largest absolute Gasteiger partial charge is 0.495 e. The molecule has 0 aliphatic carbocycles. The molecule has 5 nitrogen and oxygen atoms in total. The maximum absolute atomic E-state index is 12.8. The van der Waals surface area contributed by atoms with Gasteiger partial charge in [-0.05, 0) is 36.5 Å². The number of rotatable bonds is 5. The smallest absolute Gasteiger partial charge is 0.246 e. The molecule has 0 unspecified atom stereocenters. The van der Waals surface area contributed by atoms with Gasteiger partial charge in [0.1, 0.15) is 10.6 Å². The fourth-order valence-electron chi connectivity index (χ4n) is 2.75. The number of benzene rings is 1. The van der Waals surface area contributed by atoms with Crippen molar-refractivity contribution >= 4 is 10.0 Å². The molecule has 1 fully saturated rings. The molecule has 1 heterocycles. The maximum atomic E-state index is 12.8. The lowest BCUT2D eigenvalue weighted by molar-refractivity contribution is 0.268. The fraction of sp³-hybridized carbons (Fsp3) is 0.600. The lowest BCUT2D eigenvalue weighted by atomic mass is 9.96. The van der Waals surface area contributed by atoms with Gasteiger partial charge in [-0.1, -0.05) is 19.4 Å². The minimum atomic E-state index is -3.49. The molecular formula is C15H24N2O3S. The van der Waals surface area contributed by atoms with E-state index in [1.165, 1.54) is 7.11 Å². The highest BCUT2D eigenvalue weighted by atomic mass is 32.2. The Bertz CT molecular complexity index is 579. The van der Waals surface area contributed by atoms with Gasteiger partial charge in [-0.15, -0.1) is 0 Å². The predicted molar refractivity (Wildman–Crippen MR) is 82.7 cm³/mol. The number of hydrogen-bond acceptors (Lipinski definition) is 4. The van der Waals surface area contributed by atoms with E-state index in [9.17, 15) is 8.42 Å². The number of ether oxygens (including phenoxy) is 1. The maximum Gasteiger partial charge on any atom is 0.246 e. The first-order valence-corrected chi connectivity index (χ1v) is 8.84. The molecule has 0 aromatic heterocycles. The van der Waals surface area contributed by atoms with E-state index in [4.69, 9.17) is 10.5 Å². The summed E-state index contributed by atoms with van der Waals surface area (Å²) in [4.78, 5) is 0.233. The molecule has 0 radical (unpaired) electrons. The number of methoxy groups -OCH3 is 1. The van der Waals surface area contributed by atoms with Gasteiger partial charge < -0.3 is 10.5 Å². The van der Waals surface area contributed by atoms with E-state index in [2.05, 4.69) is 6.92 Å². The highest BCUT2D eigenvalue weighted by Gasteiger charge is 2.31. The van der Waals surface area contributed by atoms with Crippen molar-refractivity contribution in [1.29, 1.82) is 0 Å². The summed E-state index contributed by atoms with van der Waals surface area (Å²) in [7, 11) is -2.01. The monoisotopic (exact) mass is 312 g/mol. The van der Waals surface area contributed by atoms with Gasteiger partial charge >= 0.3 is 0 Å². The second-order valence-corrected chi connectivity index (χ2v) is 7.35. The van der Waals surface area contributed by atoms with Crippen molar-refractivity contribution in [2.45, 2.75) is 37.6 Å². The van der Waals surface area contributed by atoms with Crippen LogP contribution in [0, 0.1) is 5.92 Å². The number of nitrogens with zero attached hydrogens (tertiary/aromatic N) is 1. The molecule has 1 aromatic rings. The standard InChI is InChI=1S/C15H24N2O3S/c1-3-12-6-8-17(9-7-12)21(18,19)15-5-4-13(11-16)10-14(15)20-2/h4-5,10,12H,3,6-9,11,16H2,1-2H3. The summed E-state index contributed by atoms with van der Waals surface area (Å²) in [6.07, 6.45) is 2.97. The Hall–Kier alpha value is -1.11. The van der Waals surface area contributed by atoms with Crippen LogP contribution in [0.3, 0.4) is 0 Å². The first kappa shape index (κ1) is 16.3. The first-order valence-electron chi connectivity index (χ1n) is 7.40. The predicted octanol–water partition coefficient (Wildman–Crippen LogP) is 1.96. The zero-order chi connectivity index (χ0) is 15.5. The Balaban J connectivity index is 2.27. The summed E-state index contributed by atoms with van der Waals surface area (Å²) in [5.41, 5.74) is 6.45. The van der Waals surface area contributed by atoms with Gasteiger partial charge in [0, 0.05) is 19.6 Å². The van der Waals surface area contributed by atoms with E-state index in [0.29, 0.717) is 31.3 Å². The van der Waals surface area contributed by atoms with Crippen molar-refractivity contribution < 1.29 is 13.2 Å². The summed E-state index contributed by atoms with van der Waals surface area (Å²) in [6, 6.07) is 5.04. The average Bonchev–Trinajstić information content (AvgIpc) is 2.54. The number of piperidine rings is 1. The molecule has 1 aromatic carbocycles. The van der Waals surface area contributed by atoms with Crippen molar-refractivity contribution in [2.24, 2.45) is 11.7 Å². The number of nitrogens with two attached hydrogens (primary N) is 1. The van der Waals surface area contributed by atoms with Crippen LogP contribution in [0.2, 0.25) is 0 Å². The number of hydrogen-bond donors (Lipinski definition) is 1. The normalized spacial score (nSPS) is 17.9. The second kappa shape index (κ2) is 6.77. The molecule has 0 bridgehead atoms. The fourth-order valence-corrected chi connectivity index (χ4v) is 4.36. The summed E-state index contributed by atoms with van der Waals surface area (Å²) in [5, 5.41) is 0. The van der Waals surface area contributed by atoms with Crippen LogP contribution in [-0.2, 0) is 16.6 Å². The van der Waals surface area contributed by atoms with Crippen molar-refractivity contribution in [3.63, 3.8) is 0 Å². The zero-order valence-corrected chi connectivity index (χ0v) is 13.5. The molecule has 1 aliphatic heterocycles. The van der Waals surface area contributed by atoms with Crippen LogP contribution in [-0.4, -0.2) is 32.9 Å². The van der Waals surface area contributed by atoms with Crippen molar-refractivity contribution in [3.05, 3.63) is 23.8 Å². The van der Waals surface area contributed by atoms with Gasteiger partial charge in [0.05, 0.1) is 7.11 Å². The van der Waals surface area contributed by atoms with Crippen molar-refractivity contribution in [2.75, 3.05) is 20.2 Å². The van der Waals surface area contributed by atoms with E-state index in [-0.39, 0.29) is 4.90 Å². The third-order valence-electron chi connectivity index (χ3n) is 4.23. The Morgan fingerprint density at radius 2 is 2.00 bits per heavy atom. The van der Waals surface area contributed by atoms with Crippen LogP contribution >= 0.6 is 0 Å². The summed E-state index contributed by atoms with van der Waals surface area (Å²) < 4.78 is 32.4. The van der Waals surface area contributed by atoms with E-state index in [1.807, 2.05) is 0 Å². The number of sulfonamides is 1. The van der Waals surface area contributed by atoms with Crippen LogP contribution < -0.4 is 10.5 Å². The molecular weight excluding hydrogens is 288 g/mol. The van der Waals surface area contributed by atoms with E-state index in [1.54, 1.807) is 22.5 Å². The Morgan fingerprint density at radius 3 is 2.52 bits per heavy atom. The van der Waals surface area contributed by atoms with Crippen molar-refractivity contribution in [3.8, 4) is 5.75 Å². The molecule has 2 rings (SSSR count). The van der Waals surface area contributed by atoms with Crippen LogP contribution in [0.1, 0.15) is 31.7 Å². The molecule has 21 heavy (non-hydrogen) atoms. The topological polar surface area (TPSA) is 72.6 Å². The van der Waals surface area contributed by atoms with Crippen molar-refractivity contribution in [1.82, 2.24) is 4.31 Å². The minimum absolute atomic E-state index is 0.233. The average molecular weight is 312 g/mol. The Morgan fingerprint density at radius 1 is 1.33 bits per heavy atom. The highest BCUT2D eigenvalue weighted by molar-refractivity contribution is 7.89. The van der Waals surface area contributed by atoms with Gasteiger partial charge in [-0.2, -0.15) is 4.31 Å². The van der Waals surface area contributed by atoms with E-state index in [0.717, 1.165) is 24.8 Å². The lowest BCUT2D eigenvalue weighted by Crippen LogP contribution is -2.38. The zero-order valence-electron chi connectivity index (χ0n) is 12.7. The lowest BCUT2D eigenvalue weighted by Gasteiger charge is -2.31. The first-order chi connectivity index (χ1) is 10.0. The van der Waals surface area contributed by atoms with Crippen LogP contribution in [0.5, 0.6) is 5.75 Å². The Labute approximate surface area is 127 Å². The SMILES string of the molecule is CCC1CCN(S(=O)(=O)c2ccc(CN)cc2OC)CC1. The van der Waals surface area contributed by atoms with Gasteiger partial charge in [-0.3, -0.25) is 0 Å². The molecule has 2 N–H and O–H groups in total. The molecule has 1 saturated heterocycles. The molecule has 1 aliphatic rings. The highest BCUT2D eigenvalue weighted by Crippen LogP contribution is 2.31. The minimum Gasteiger partial charge on any atom is -0.495 e. The molecule has 0 amide bonds. The third-order valence-corrected chi connectivity index (χ3v) is 6.17. The molecule has 118 valence electrons.